The Bertz CT molecular complexity index is 1010. The molecule has 0 aliphatic carbocycles. The van der Waals surface area contributed by atoms with E-state index in [1.165, 1.54) is 12.1 Å². The Hall–Kier alpha value is -2.72. The Morgan fingerprint density at radius 1 is 1.22 bits per heavy atom. The van der Waals surface area contributed by atoms with Gasteiger partial charge in [-0.15, -0.1) is 0 Å². The van der Waals surface area contributed by atoms with Crippen LogP contribution in [0.25, 0.3) is 0 Å². The number of hydrogen-bond acceptors (Lipinski definition) is 6. The van der Waals surface area contributed by atoms with Gasteiger partial charge in [0.1, 0.15) is 5.84 Å². The number of aliphatic imine (C=N–C) groups is 1. The second kappa shape index (κ2) is 7.12. The molecule has 4 rings (SSSR count). The quantitative estimate of drug-likeness (QED) is 0.615. The molecule has 0 saturated heterocycles. The van der Waals surface area contributed by atoms with Crippen LogP contribution < -0.4 is 15.4 Å². The molecule has 1 aromatic carbocycles. The van der Waals surface area contributed by atoms with Crippen LogP contribution in [0.1, 0.15) is 34.6 Å². The number of H-pyrrole nitrogens is 1. The summed E-state index contributed by atoms with van der Waals surface area (Å²) in [4.78, 5) is 16.8. The van der Waals surface area contributed by atoms with Crippen molar-refractivity contribution in [2.45, 2.75) is 30.7 Å². The third-order valence-electron chi connectivity index (χ3n) is 4.55. The van der Waals surface area contributed by atoms with Crippen LogP contribution in [0, 0.1) is 0 Å². The van der Waals surface area contributed by atoms with Crippen molar-refractivity contribution in [2.75, 3.05) is 18.4 Å². The number of aromatic nitrogens is 2. The van der Waals surface area contributed by atoms with Gasteiger partial charge in [0.25, 0.3) is 15.9 Å². The summed E-state index contributed by atoms with van der Waals surface area (Å²) in [6.07, 6.45) is 2.25. The molecule has 142 valence electrons. The van der Waals surface area contributed by atoms with Gasteiger partial charge < -0.3 is 10.6 Å². The lowest BCUT2D eigenvalue weighted by Crippen LogP contribution is -2.29. The minimum absolute atomic E-state index is 0.0700. The molecule has 1 amide bonds. The van der Waals surface area contributed by atoms with Crippen LogP contribution in [-0.4, -0.2) is 43.4 Å². The first-order chi connectivity index (χ1) is 13.0. The van der Waals surface area contributed by atoms with Gasteiger partial charge in [0.05, 0.1) is 4.90 Å². The Balaban J connectivity index is 1.52. The third kappa shape index (κ3) is 3.71. The number of carbonyl (C=O) groups excluding carboxylic acids is 1. The summed E-state index contributed by atoms with van der Waals surface area (Å²) < 4.78 is 27.5. The van der Waals surface area contributed by atoms with Gasteiger partial charge in [0.2, 0.25) is 0 Å². The number of carbonyl (C=O) groups is 1. The highest BCUT2D eigenvalue weighted by Gasteiger charge is 2.23. The minimum Gasteiger partial charge on any atom is -0.321 e. The third-order valence-corrected chi connectivity index (χ3v) is 5.93. The first-order valence-electron chi connectivity index (χ1n) is 8.77. The fraction of sp³-hybridized carbons (Fsp3) is 0.353. The number of amidine groups is 1. The first-order valence-corrected chi connectivity index (χ1v) is 10.3. The predicted molar refractivity (Wildman–Crippen MR) is 100 cm³/mol. The molecule has 0 spiro atoms. The van der Waals surface area contributed by atoms with Crippen LogP contribution in [0.3, 0.4) is 0 Å². The summed E-state index contributed by atoms with van der Waals surface area (Å²) in [6.45, 7) is 2.06. The van der Waals surface area contributed by atoms with Crippen LogP contribution in [0.5, 0.6) is 0 Å². The van der Waals surface area contributed by atoms with Crippen molar-refractivity contribution < 1.29 is 13.2 Å². The van der Waals surface area contributed by atoms with Crippen molar-refractivity contribution in [3.8, 4) is 0 Å². The van der Waals surface area contributed by atoms with Crippen molar-refractivity contribution in [2.24, 2.45) is 4.99 Å². The number of sulfonamides is 1. The van der Waals surface area contributed by atoms with Gasteiger partial charge in [0.15, 0.2) is 5.69 Å². The number of anilines is 1. The normalized spacial score (nSPS) is 16.5. The van der Waals surface area contributed by atoms with Gasteiger partial charge in [0, 0.05) is 49.4 Å². The Labute approximate surface area is 156 Å². The fourth-order valence-corrected chi connectivity index (χ4v) is 4.32. The molecular formula is C17H20N6O3S. The van der Waals surface area contributed by atoms with E-state index in [-0.39, 0.29) is 10.8 Å². The lowest BCUT2D eigenvalue weighted by atomic mass is 10.1. The molecule has 2 aromatic rings. The number of fused-ring (bicyclic) bond motifs is 1. The second-order valence-electron chi connectivity index (χ2n) is 6.48. The SMILES string of the molecule is O=C(Nc1cccc(S(=O)(=O)NC2=NCCC2)c1)c1n[nH]c2c1CNCC2. The zero-order valence-corrected chi connectivity index (χ0v) is 15.4. The van der Waals surface area contributed by atoms with Gasteiger partial charge in [-0.2, -0.15) is 5.10 Å². The molecule has 10 heteroatoms. The first kappa shape index (κ1) is 17.7. The van der Waals surface area contributed by atoms with Gasteiger partial charge in [-0.05, 0) is 24.6 Å². The molecule has 2 aliphatic rings. The molecule has 1 aromatic heterocycles. The second-order valence-corrected chi connectivity index (χ2v) is 8.16. The average molecular weight is 388 g/mol. The fourth-order valence-electron chi connectivity index (χ4n) is 3.18. The van der Waals surface area contributed by atoms with E-state index < -0.39 is 10.0 Å². The summed E-state index contributed by atoms with van der Waals surface area (Å²) in [5.74, 6) is 0.0963. The lowest BCUT2D eigenvalue weighted by Gasteiger charge is -2.13. The smallest absolute Gasteiger partial charge is 0.276 e. The molecule has 27 heavy (non-hydrogen) atoms. The van der Waals surface area contributed by atoms with Crippen molar-refractivity contribution in [1.29, 1.82) is 0 Å². The highest BCUT2D eigenvalue weighted by molar-refractivity contribution is 7.90. The topological polar surface area (TPSA) is 128 Å². The minimum atomic E-state index is -3.73. The molecule has 0 radical (unpaired) electrons. The maximum absolute atomic E-state index is 12.6. The average Bonchev–Trinajstić information content (AvgIpc) is 3.31. The van der Waals surface area contributed by atoms with E-state index in [0.29, 0.717) is 36.7 Å². The molecule has 9 nitrogen and oxygen atoms in total. The van der Waals surface area contributed by atoms with E-state index in [1.54, 1.807) is 12.1 Å². The predicted octanol–water partition coefficient (Wildman–Crippen LogP) is 0.778. The van der Waals surface area contributed by atoms with Crippen molar-refractivity contribution in [1.82, 2.24) is 20.2 Å². The molecule has 4 N–H and O–H groups in total. The molecule has 0 unspecified atom stereocenters. The molecule has 3 heterocycles. The standard InChI is InChI=1S/C17H20N6O3S/c24-17(16-13-10-18-8-6-14(13)21-22-16)20-11-3-1-4-12(9-11)27(25,26)23-15-5-2-7-19-15/h1,3-4,9,18H,2,5-8,10H2,(H,19,23)(H,20,24)(H,21,22). The number of amides is 1. The summed E-state index contributed by atoms with van der Waals surface area (Å²) in [5, 5.41) is 12.9. The number of nitrogens with zero attached hydrogens (tertiary/aromatic N) is 2. The van der Waals surface area contributed by atoms with Crippen LogP contribution in [-0.2, 0) is 23.0 Å². The monoisotopic (exact) mass is 388 g/mol. The number of nitrogens with one attached hydrogen (secondary N) is 4. The molecular weight excluding hydrogens is 368 g/mol. The van der Waals surface area contributed by atoms with Crippen molar-refractivity contribution in [3.63, 3.8) is 0 Å². The maximum Gasteiger partial charge on any atom is 0.276 e. The zero-order valence-electron chi connectivity index (χ0n) is 14.6. The lowest BCUT2D eigenvalue weighted by molar-refractivity contribution is 0.102. The maximum atomic E-state index is 12.6. The summed E-state index contributed by atoms with van der Waals surface area (Å²) in [7, 11) is -3.73. The van der Waals surface area contributed by atoms with E-state index in [0.717, 1.165) is 30.6 Å². The van der Waals surface area contributed by atoms with Crippen LogP contribution >= 0.6 is 0 Å². The Morgan fingerprint density at radius 2 is 2.11 bits per heavy atom. The Kier molecular flexibility index (Phi) is 4.66. The van der Waals surface area contributed by atoms with Gasteiger partial charge >= 0.3 is 0 Å². The number of hydrogen-bond donors (Lipinski definition) is 4. The van der Waals surface area contributed by atoms with Gasteiger partial charge in [-0.3, -0.25) is 19.6 Å². The van der Waals surface area contributed by atoms with Crippen LogP contribution in [0.15, 0.2) is 34.2 Å². The Morgan fingerprint density at radius 3 is 2.93 bits per heavy atom. The number of aromatic amines is 1. The summed E-state index contributed by atoms with van der Waals surface area (Å²) in [5.41, 5.74) is 2.51. The highest BCUT2D eigenvalue weighted by atomic mass is 32.2. The number of rotatable bonds is 4. The highest BCUT2D eigenvalue weighted by Crippen LogP contribution is 2.19. The zero-order chi connectivity index (χ0) is 18.9. The van der Waals surface area contributed by atoms with E-state index >= 15 is 0 Å². The van der Waals surface area contributed by atoms with E-state index in [9.17, 15) is 13.2 Å². The molecule has 0 fully saturated rings. The largest absolute Gasteiger partial charge is 0.321 e. The molecule has 0 bridgehead atoms. The molecule has 2 aliphatic heterocycles. The molecule has 0 atom stereocenters. The molecule has 0 saturated carbocycles. The van der Waals surface area contributed by atoms with Crippen molar-refractivity contribution >= 4 is 27.5 Å². The van der Waals surface area contributed by atoms with E-state index in [2.05, 4.69) is 30.5 Å². The summed E-state index contributed by atoms with van der Waals surface area (Å²) >= 11 is 0. The van der Waals surface area contributed by atoms with Gasteiger partial charge in [-0.1, -0.05) is 6.07 Å². The van der Waals surface area contributed by atoms with Crippen LogP contribution in [0.2, 0.25) is 0 Å². The van der Waals surface area contributed by atoms with Gasteiger partial charge in [-0.25, -0.2) is 8.42 Å². The van der Waals surface area contributed by atoms with E-state index in [1.807, 2.05) is 0 Å². The number of benzene rings is 1. The van der Waals surface area contributed by atoms with Crippen LogP contribution in [0.4, 0.5) is 5.69 Å². The van der Waals surface area contributed by atoms with Crippen molar-refractivity contribution in [3.05, 3.63) is 41.2 Å². The summed E-state index contributed by atoms with van der Waals surface area (Å²) in [6, 6.07) is 6.13. The van der Waals surface area contributed by atoms with E-state index in [4.69, 9.17) is 0 Å².